The summed E-state index contributed by atoms with van der Waals surface area (Å²) in [6.45, 7) is 5.38. The van der Waals surface area contributed by atoms with Crippen molar-refractivity contribution in [2.24, 2.45) is 0 Å². The Morgan fingerprint density at radius 3 is 2.77 bits per heavy atom. The molecule has 4 N–H and O–H groups in total. The van der Waals surface area contributed by atoms with Crippen LogP contribution in [0.2, 0.25) is 0 Å². The maximum Gasteiger partial charge on any atom is 0.226 e. The number of para-hydroxylation sites is 1. The summed E-state index contributed by atoms with van der Waals surface area (Å²) in [5.41, 5.74) is 2.07. The lowest BCUT2D eigenvalue weighted by Gasteiger charge is -2.13. The normalized spacial score (nSPS) is 12.1. The highest BCUT2D eigenvalue weighted by atomic mass is 16.5. The van der Waals surface area contributed by atoms with Gasteiger partial charge in [-0.25, -0.2) is 4.98 Å². The predicted molar refractivity (Wildman–Crippen MR) is 117 cm³/mol. The van der Waals surface area contributed by atoms with E-state index in [0.29, 0.717) is 41.7 Å². The maximum atomic E-state index is 10.3. The van der Waals surface area contributed by atoms with Gasteiger partial charge in [-0.05, 0) is 19.4 Å². The molecule has 0 aliphatic rings. The largest absolute Gasteiger partial charge is 0.504 e. The van der Waals surface area contributed by atoms with Crippen molar-refractivity contribution in [3.63, 3.8) is 0 Å². The monoisotopic (exact) mass is 414 g/mol. The van der Waals surface area contributed by atoms with E-state index in [2.05, 4.69) is 32.5 Å². The van der Waals surface area contributed by atoms with E-state index in [1.54, 1.807) is 19.3 Å². The molecule has 0 aliphatic heterocycles. The number of methoxy groups -OCH3 is 1. The van der Waals surface area contributed by atoms with Crippen molar-refractivity contribution in [2.45, 2.75) is 52.3 Å². The topological polar surface area (TPSA) is 117 Å². The van der Waals surface area contributed by atoms with E-state index >= 15 is 0 Å². The van der Waals surface area contributed by atoms with Crippen molar-refractivity contribution < 1.29 is 14.9 Å². The fourth-order valence-electron chi connectivity index (χ4n) is 3.14. The molecule has 9 heteroatoms. The SMILES string of the molecule is CCCCCn1cnc2c(NCc3cccc(OC)c3O)nc(NCC(C)O)nc21. The molecule has 2 heterocycles. The Morgan fingerprint density at radius 2 is 2.03 bits per heavy atom. The molecule has 1 aromatic carbocycles. The van der Waals surface area contributed by atoms with Crippen molar-refractivity contribution in [1.82, 2.24) is 19.5 Å². The zero-order valence-electron chi connectivity index (χ0n) is 17.7. The molecule has 9 nitrogen and oxygen atoms in total. The van der Waals surface area contributed by atoms with E-state index in [0.717, 1.165) is 31.5 Å². The van der Waals surface area contributed by atoms with Gasteiger partial charge in [0.1, 0.15) is 0 Å². The van der Waals surface area contributed by atoms with Crippen LogP contribution >= 0.6 is 0 Å². The molecule has 1 atom stereocenters. The van der Waals surface area contributed by atoms with E-state index in [4.69, 9.17) is 4.74 Å². The van der Waals surface area contributed by atoms with Gasteiger partial charge in [0.05, 0.1) is 19.5 Å². The molecule has 0 saturated heterocycles. The molecular weight excluding hydrogens is 384 g/mol. The lowest BCUT2D eigenvalue weighted by molar-refractivity contribution is 0.208. The first-order valence-corrected chi connectivity index (χ1v) is 10.3. The number of anilines is 2. The van der Waals surface area contributed by atoms with Crippen LogP contribution in [0.4, 0.5) is 11.8 Å². The summed E-state index contributed by atoms with van der Waals surface area (Å²) in [5, 5.41) is 26.3. The van der Waals surface area contributed by atoms with Crippen LogP contribution in [0, 0.1) is 0 Å². The summed E-state index contributed by atoms with van der Waals surface area (Å²) >= 11 is 0. The smallest absolute Gasteiger partial charge is 0.226 e. The summed E-state index contributed by atoms with van der Waals surface area (Å²) < 4.78 is 7.20. The Balaban J connectivity index is 1.89. The van der Waals surface area contributed by atoms with Gasteiger partial charge in [0, 0.05) is 25.2 Å². The van der Waals surface area contributed by atoms with E-state index in [1.807, 2.05) is 16.7 Å². The summed E-state index contributed by atoms with van der Waals surface area (Å²) in [4.78, 5) is 13.7. The van der Waals surface area contributed by atoms with Crippen LogP contribution in [-0.2, 0) is 13.1 Å². The van der Waals surface area contributed by atoms with Gasteiger partial charge in [-0.15, -0.1) is 0 Å². The minimum atomic E-state index is -0.524. The molecule has 1 unspecified atom stereocenters. The highest BCUT2D eigenvalue weighted by Gasteiger charge is 2.15. The number of nitrogens with zero attached hydrogens (tertiary/aromatic N) is 4. The number of hydrogen-bond acceptors (Lipinski definition) is 8. The third-order valence-electron chi connectivity index (χ3n) is 4.77. The van der Waals surface area contributed by atoms with E-state index in [-0.39, 0.29) is 5.75 Å². The lowest BCUT2D eigenvalue weighted by Crippen LogP contribution is -2.17. The molecule has 2 aromatic heterocycles. The van der Waals surface area contributed by atoms with Crippen LogP contribution in [-0.4, -0.2) is 49.5 Å². The molecule has 0 fully saturated rings. The second-order valence-electron chi connectivity index (χ2n) is 7.26. The van der Waals surface area contributed by atoms with Gasteiger partial charge >= 0.3 is 0 Å². The van der Waals surface area contributed by atoms with Crippen LogP contribution in [0.1, 0.15) is 38.7 Å². The predicted octanol–water partition coefficient (Wildman–Crippen LogP) is 3.14. The summed E-state index contributed by atoms with van der Waals surface area (Å²) in [7, 11) is 1.52. The molecular formula is C21H30N6O3. The van der Waals surface area contributed by atoms with Crippen LogP contribution in [0.25, 0.3) is 11.2 Å². The van der Waals surface area contributed by atoms with E-state index in [9.17, 15) is 10.2 Å². The number of fused-ring (bicyclic) bond motifs is 1. The van der Waals surface area contributed by atoms with Gasteiger partial charge in [0.15, 0.2) is 28.5 Å². The molecule has 162 valence electrons. The molecule has 0 radical (unpaired) electrons. The first-order valence-electron chi connectivity index (χ1n) is 10.3. The number of aryl methyl sites for hydroxylation is 1. The number of benzene rings is 1. The molecule has 3 aromatic rings. The Hall–Kier alpha value is -3.07. The average Bonchev–Trinajstić information content (AvgIpc) is 3.14. The van der Waals surface area contributed by atoms with Crippen LogP contribution in [0.5, 0.6) is 11.5 Å². The Morgan fingerprint density at radius 1 is 1.20 bits per heavy atom. The molecule has 0 spiro atoms. The first-order chi connectivity index (χ1) is 14.5. The average molecular weight is 415 g/mol. The Kier molecular flexibility index (Phi) is 7.29. The van der Waals surface area contributed by atoms with Crippen molar-refractivity contribution in [3.05, 3.63) is 30.1 Å². The second-order valence-corrected chi connectivity index (χ2v) is 7.26. The number of aliphatic hydroxyl groups is 1. The number of aromatic nitrogens is 4. The minimum absolute atomic E-state index is 0.0929. The van der Waals surface area contributed by atoms with Crippen molar-refractivity contribution >= 4 is 22.9 Å². The van der Waals surface area contributed by atoms with Gasteiger partial charge in [0.25, 0.3) is 0 Å². The van der Waals surface area contributed by atoms with Gasteiger partial charge in [-0.2, -0.15) is 9.97 Å². The number of nitrogens with one attached hydrogen (secondary N) is 2. The number of ether oxygens (including phenoxy) is 1. The highest BCUT2D eigenvalue weighted by Crippen LogP contribution is 2.30. The van der Waals surface area contributed by atoms with Gasteiger partial charge in [-0.3, -0.25) is 0 Å². The van der Waals surface area contributed by atoms with Crippen molar-refractivity contribution in [2.75, 3.05) is 24.3 Å². The number of aliphatic hydroxyl groups excluding tert-OH is 1. The molecule has 0 saturated carbocycles. The van der Waals surface area contributed by atoms with E-state index < -0.39 is 6.10 Å². The zero-order chi connectivity index (χ0) is 21.5. The van der Waals surface area contributed by atoms with E-state index in [1.165, 1.54) is 7.11 Å². The summed E-state index contributed by atoms with van der Waals surface area (Å²) in [6.07, 6.45) is 4.58. The summed E-state index contributed by atoms with van der Waals surface area (Å²) in [6, 6.07) is 5.35. The molecule has 0 amide bonds. The van der Waals surface area contributed by atoms with Crippen molar-refractivity contribution in [3.8, 4) is 11.5 Å². The summed E-state index contributed by atoms with van der Waals surface area (Å²) in [5.74, 6) is 1.49. The lowest BCUT2D eigenvalue weighted by atomic mass is 10.2. The van der Waals surface area contributed by atoms with Crippen LogP contribution in [0.3, 0.4) is 0 Å². The third-order valence-corrected chi connectivity index (χ3v) is 4.77. The second kappa shape index (κ2) is 10.1. The number of hydrogen-bond donors (Lipinski definition) is 4. The number of imidazole rings is 1. The Bertz CT molecular complexity index is 973. The highest BCUT2D eigenvalue weighted by molar-refractivity contribution is 5.84. The van der Waals surface area contributed by atoms with Gasteiger partial charge < -0.3 is 30.2 Å². The number of phenolic OH excluding ortho intramolecular Hbond substituents is 1. The maximum absolute atomic E-state index is 10.3. The quantitative estimate of drug-likeness (QED) is 0.354. The molecule has 30 heavy (non-hydrogen) atoms. The Labute approximate surface area is 176 Å². The molecule has 0 bridgehead atoms. The van der Waals surface area contributed by atoms with Crippen LogP contribution in [0.15, 0.2) is 24.5 Å². The number of rotatable bonds is 11. The molecule has 0 aliphatic carbocycles. The standard InChI is InChI=1S/C21H30N6O3/c1-4-5-6-10-27-13-24-17-19(25-21(26-20(17)27)23-11-14(2)28)22-12-15-8-7-9-16(30-3)18(15)29/h7-9,13-14,28-29H,4-6,10-12H2,1-3H3,(H2,22,23,25,26). The van der Waals surface area contributed by atoms with Gasteiger partial charge in [-0.1, -0.05) is 31.9 Å². The number of aromatic hydroxyl groups is 1. The third kappa shape index (κ3) is 5.10. The fraction of sp³-hybridized carbons (Fsp3) is 0.476. The molecule has 3 rings (SSSR count). The van der Waals surface area contributed by atoms with Crippen LogP contribution < -0.4 is 15.4 Å². The van der Waals surface area contributed by atoms with Gasteiger partial charge in [0.2, 0.25) is 5.95 Å². The fourth-order valence-corrected chi connectivity index (χ4v) is 3.14. The minimum Gasteiger partial charge on any atom is -0.504 e. The number of unbranched alkanes of at least 4 members (excludes halogenated alkanes) is 2. The van der Waals surface area contributed by atoms with Crippen molar-refractivity contribution in [1.29, 1.82) is 0 Å². The number of phenols is 1. The zero-order valence-corrected chi connectivity index (χ0v) is 17.7. The first kappa shape index (κ1) is 21.6.